The number of benzene rings is 2. The van der Waals surface area contributed by atoms with E-state index in [1.165, 1.54) is 9.71 Å². The summed E-state index contributed by atoms with van der Waals surface area (Å²) in [6.07, 6.45) is 0. The van der Waals surface area contributed by atoms with E-state index in [4.69, 9.17) is 4.98 Å². The lowest BCUT2D eigenvalue weighted by Gasteiger charge is -2.36. The Labute approximate surface area is 178 Å². The summed E-state index contributed by atoms with van der Waals surface area (Å²) in [5.41, 5.74) is 4.36. The fourth-order valence-corrected chi connectivity index (χ4v) is 4.91. The van der Waals surface area contributed by atoms with Crippen LogP contribution in [0.25, 0.3) is 21.6 Å². The number of tetrazole rings is 1. The van der Waals surface area contributed by atoms with Gasteiger partial charge in [-0.15, -0.1) is 21.5 Å². The van der Waals surface area contributed by atoms with E-state index in [1.807, 2.05) is 6.07 Å². The molecule has 30 heavy (non-hydrogen) atoms. The van der Waals surface area contributed by atoms with Crippen LogP contribution in [0, 0.1) is 0 Å². The van der Waals surface area contributed by atoms with Crippen molar-refractivity contribution in [1.29, 1.82) is 0 Å². The summed E-state index contributed by atoms with van der Waals surface area (Å²) in [6.45, 7) is 7.78. The highest BCUT2D eigenvalue weighted by Gasteiger charge is 2.22. The molecule has 1 aliphatic rings. The van der Waals surface area contributed by atoms with Gasteiger partial charge in [0.15, 0.2) is 0 Å². The molecule has 2 N–H and O–H groups in total. The van der Waals surface area contributed by atoms with Gasteiger partial charge >= 0.3 is 0 Å². The van der Waals surface area contributed by atoms with Crippen LogP contribution >= 0.6 is 11.3 Å². The average Bonchev–Trinajstić information content (AvgIpc) is 3.44. The van der Waals surface area contributed by atoms with Crippen LogP contribution in [-0.2, 0) is 6.54 Å². The summed E-state index contributed by atoms with van der Waals surface area (Å²) in [5.74, 6) is 0.630. The lowest BCUT2D eigenvalue weighted by Crippen LogP contribution is -2.46. The Morgan fingerprint density at radius 3 is 2.73 bits per heavy atom. The van der Waals surface area contributed by atoms with Crippen LogP contribution in [0.3, 0.4) is 0 Å². The zero-order chi connectivity index (χ0) is 20.3. The molecule has 0 radical (unpaired) electrons. The molecular weight excluding hydrogens is 396 g/mol. The van der Waals surface area contributed by atoms with E-state index in [-0.39, 0.29) is 0 Å². The van der Waals surface area contributed by atoms with E-state index in [1.54, 1.807) is 11.3 Å². The smallest absolute Gasteiger partial charge is 0.206 e. The molecule has 154 valence electrons. The van der Waals surface area contributed by atoms with Crippen LogP contribution in [0.4, 0.5) is 11.4 Å². The zero-order valence-corrected chi connectivity index (χ0v) is 17.7. The molecule has 9 heteroatoms. The molecule has 0 atom stereocenters. The maximum absolute atomic E-state index is 4.79. The van der Waals surface area contributed by atoms with Crippen LogP contribution in [0.2, 0.25) is 0 Å². The molecule has 1 fully saturated rings. The normalized spacial score (nSPS) is 15.0. The fourth-order valence-electron chi connectivity index (χ4n) is 3.90. The summed E-state index contributed by atoms with van der Waals surface area (Å²) < 4.78 is 1.26. The van der Waals surface area contributed by atoms with Gasteiger partial charge < -0.3 is 10.2 Å². The summed E-state index contributed by atoms with van der Waals surface area (Å²) >= 11 is 1.79. The lowest BCUT2D eigenvalue weighted by atomic mass is 10.1. The van der Waals surface area contributed by atoms with Gasteiger partial charge in [0.25, 0.3) is 0 Å². The summed E-state index contributed by atoms with van der Waals surface area (Å²) in [6, 6.07) is 14.7. The van der Waals surface area contributed by atoms with E-state index in [0.29, 0.717) is 5.82 Å². The number of fused-ring (bicyclic) bond motifs is 1. The Morgan fingerprint density at radius 1 is 1.10 bits per heavy atom. The van der Waals surface area contributed by atoms with Crippen LogP contribution in [0.1, 0.15) is 11.9 Å². The minimum atomic E-state index is 0.630. The zero-order valence-electron chi connectivity index (χ0n) is 16.9. The fraction of sp³-hybridized carbons (Fsp3) is 0.333. The standard InChI is InChI=1S/C21H24N8S/c1-2-22-15-7-8-16(21-24-26-27-25-21)18(13-15)29-11-9-28(10-12-29)14-20-23-17-5-3-4-6-19(17)30-20/h3-8,13,22H,2,9-12,14H2,1H3,(H,24,25,26,27). The third kappa shape index (κ3) is 3.86. The number of rotatable bonds is 6. The number of nitrogens with one attached hydrogen (secondary N) is 2. The maximum atomic E-state index is 4.79. The van der Waals surface area contributed by atoms with Crippen molar-refractivity contribution in [3.63, 3.8) is 0 Å². The number of aromatic nitrogens is 5. The van der Waals surface area contributed by atoms with E-state index in [0.717, 1.165) is 61.7 Å². The van der Waals surface area contributed by atoms with Gasteiger partial charge in [-0.2, -0.15) is 5.21 Å². The Hall–Kier alpha value is -3.04. The highest BCUT2D eigenvalue weighted by atomic mass is 32.1. The number of aromatic amines is 1. The molecule has 8 nitrogen and oxygen atoms in total. The molecule has 0 aliphatic carbocycles. The van der Waals surface area contributed by atoms with Crippen molar-refractivity contribution in [2.75, 3.05) is 42.9 Å². The number of hydrogen-bond donors (Lipinski definition) is 2. The second kappa shape index (κ2) is 8.37. The van der Waals surface area contributed by atoms with E-state index in [2.05, 4.69) is 79.1 Å². The first kappa shape index (κ1) is 19.0. The third-order valence-corrected chi connectivity index (χ3v) is 6.40. The van der Waals surface area contributed by atoms with Gasteiger partial charge in [0.1, 0.15) is 5.01 Å². The van der Waals surface area contributed by atoms with Crippen molar-refractivity contribution in [3.05, 3.63) is 47.5 Å². The van der Waals surface area contributed by atoms with Crippen molar-refractivity contribution >= 4 is 32.9 Å². The predicted molar refractivity (Wildman–Crippen MR) is 121 cm³/mol. The van der Waals surface area contributed by atoms with Gasteiger partial charge in [-0.3, -0.25) is 4.90 Å². The molecule has 4 aromatic rings. The Kier molecular flexibility index (Phi) is 5.29. The molecule has 2 aromatic carbocycles. The Bertz CT molecular complexity index is 1080. The maximum Gasteiger partial charge on any atom is 0.206 e. The molecule has 0 amide bonds. The summed E-state index contributed by atoms with van der Waals surface area (Å²) in [4.78, 5) is 9.69. The van der Waals surface area contributed by atoms with Crippen LogP contribution in [-0.4, -0.2) is 63.2 Å². The molecule has 3 heterocycles. The second-order valence-corrected chi connectivity index (χ2v) is 8.45. The van der Waals surface area contributed by atoms with Crippen molar-refractivity contribution < 1.29 is 0 Å². The minimum Gasteiger partial charge on any atom is -0.385 e. The summed E-state index contributed by atoms with van der Waals surface area (Å²) in [7, 11) is 0. The van der Waals surface area contributed by atoms with Crippen LogP contribution in [0.15, 0.2) is 42.5 Å². The van der Waals surface area contributed by atoms with Gasteiger partial charge in [0, 0.05) is 44.0 Å². The number of piperazine rings is 1. The second-order valence-electron chi connectivity index (χ2n) is 7.34. The first-order valence-corrected chi connectivity index (χ1v) is 11.1. The summed E-state index contributed by atoms with van der Waals surface area (Å²) in [5, 5.41) is 19.3. The molecule has 5 rings (SSSR count). The molecular formula is C21H24N8S. The van der Waals surface area contributed by atoms with Crippen LogP contribution < -0.4 is 10.2 Å². The number of anilines is 2. The third-order valence-electron chi connectivity index (χ3n) is 5.37. The molecule has 1 saturated heterocycles. The van der Waals surface area contributed by atoms with E-state index >= 15 is 0 Å². The first-order chi connectivity index (χ1) is 14.8. The highest BCUT2D eigenvalue weighted by Crippen LogP contribution is 2.32. The number of H-pyrrole nitrogens is 1. The quantitative estimate of drug-likeness (QED) is 0.495. The van der Waals surface area contributed by atoms with Crippen molar-refractivity contribution in [1.82, 2.24) is 30.5 Å². The average molecular weight is 421 g/mol. The molecule has 0 bridgehead atoms. The van der Waals surface area contributed by atoms with Gasteiger partial charge in [-0.25, -0.2) is 4.98 Å². The Morgan fingerprint density at radius 2 is 1.97 bits per heavy atom. The minimum absolute atomic E-state index is 0.630. The van der Waals surface area contributed by atoms with Gasteiger partial charge in [0.05, 0.1) is 22.4 Å². The number of nitrogens with zero attached hydrogens (tertiary/aromatic N) is 6. The lowest BCUT2D eigenvalue weighted by molar-refractivity contribution is 0.250. The van der Waals surface area contributed by atoms with Crippen molar-refractivity contribution in [2.45, 2.75) is 13.5 Å². The van der Waals surface area contributed by atoms with Gasteiger partial charge in [0.2, 0.25) is 5.82 Å². The van der Waals surface area contributed by atoms with Crippen LogP contribution in [0.5, 0.6) is 0 Å². The van der Waals surface area contributed by atoms with Gasteiger partial charge in [-0.05, 0) is 42.5 Å². The highest BCUT2D eigenvalue weighted by molar-refractivity contribution is 7.18. The molecule has 2 aromatic heterocycles. The van der Waals surface area contributed by atoms with E-state index < -0.39 is 0 Å². The van der Waals surface area contributed by atoms with Crippen molar-refractivity contribution in [3.8, 4) is 11.4 Å². The molecule has 1 aliphatic heterocycles. The number of hydrogen-bond acceptors (Lipinski definition) is 8. The van der Waals surface area contributed by atoms with E-state index in [9.17, 15) is 0 Å². The number of thiazole rings is 1. The molecule has 0 saturated carbocycles. The topological polar surface area (TPSA) is 85.9 Å². The first-order valence-electron chi connectivity index (χ1n) is 10.2. The van der Waals surface area contributed by atoms with Crippen molar-refractivity contribution in [2.24, 2.45) is 0 Å². The van der Waals surface area contributed by atoms with Gasteiger partial charge in [-0.1, -0.05) is 12.1 Å². The molecule has 0 unspecified atom stereocenters. The number of para-hydroxylation sites is 1. The largest absolute Gasteiger partial charge is 0.385 e. The Balaban J connectivity index is 1.31. The SMILES string of the molecule is CCNc1ccc(-c2nn[nH]n2)c(N2CCN(Cc3nc4ccccc4s3)CC2)c1. The monoisotopic (exact) mass is 420 g/mol. The molecule has 0 spiro atoms. The predicted octanol–water partition coefficient (Wildman–Crippen LogP) is 3.23.